The molecule has 1 rings (SSSR count). The van der Waals surface area contributed by atoms with Crippen molar-refractivity contribution in [1.82, 2.24) is 9.97 Å². The maximum absolute atomic E-state index is 11.2. The van der Waals surface area contributed by atoms with Crippen molar-refractivity contribution in [2.24, 2.45) is 0 Å². The van der Waals surface area contributed by atoms with E-state index in [1.54, 1.807) is 0 Å². The standard InChI is InChI=1S/C7H8N2O4S/c1-4-8-3-5(7(10)11)6(9-4)14(2,12)13/h3H,1-2H3,(H,10,11). The van der Waals surface area contributed by atoms with E-state index < -0.39 is 26.4 Å². The van der Waals surface area contributed by atoms with Crippen molar-refractivity contribution < 1.29 is 18.3 Å². The van der Waals surface area contributed by atoms with Gasteiger partial charge in [0.25, 0.3) is 0 Å². The molecule has 0 aliphatic rings. The first-order chi connectivity index (χ1) is 6.32. The van der Waals surface area contributed by atoms with E-state index in [2.05, 4.69) is 9.97 Å². The first-order valence-corrected chi connectivity index (χ1v) is 5.48. The molecule has 0 saturated heterocycles. The first-order valence-electron chi connectivity index (χ1n) is 3.59. The molecule has 0 amide bonds. The molecular weight excluding hydrogens is 208 g/mol. The largest absolute Gasteiger partial charge is 0.478 e. The van der Waals surface area contributed by atoms with Gasteiger partial charge in [0.15, 0.2) is 14.9 Å². The molecule has 14 heavy (non-hydrogen) atoms. The minimum Gasteiger partial charge on any atom is -0.478 e. The lowest BCUT2D eigenvalue weighted by molar-refractivity contribution is 0.0691. The molecule has 0 fully saturated rings. The molecule has 1 aromatic heterocycles. The van der Waals surface area contributed by atoms with Gasteiger partial charge in [0.2, 0.25) is 0 Å². The summed E-state index contributed by atoms with van der Waals surface area (Å²) < 4.78 is 22.3. The van der Waals surface area contributed by atoms with E-state index in [9.17, 15) is 13.2 Å². The van der Waals surface area contributed by atoms with Gasteiger partial charge in [-0.2, -0.15) is 0 Å². The van der Waals surface area contributed by atoms with E-state index in [-0.39, 0.29) is 5.82 Å². The second kappa shape index (κ2) is 3.33. The Labute approximate surface area is 80.5 Å². The van der Waals surface area contributed by atoms with Crippen molar-refractivity contribution in [2.45, 2.75) is 11.9 Å². The average molecular weight is 216 g/mol. The Balaban J connectivity index is 3.54. The molecule has 0 aliphatic carbocycles. The predicted molar refractivity (Wildman–Crippen MR) is 46.8 cm³/mol. The zero-order valence-corrected chi connectivity index (χ0v) is 8.37. The van der Waals surface area contributed by atoms with Crippen LogP contribution in [0.1, 0.15) is 16.2 Å². The predicted octanol–water partition coefficient (Wildman–Crippen LogP) is -0.113. The number of carboxylic acids is 1. The summed E-state index contributed by atoms with van der Waals surface area (Å²) in [6.45, 7) is 1.49. The molecular formula is C7H8N2O4S. The zero-order chi connectivity index (χ0) is 10.9. The summed E-state index contributed by atoms with van der Waals surface area (Å²) in [6, 6.07) is 0. The molecule has 6 nitrogen and oxygen atoms in total. The highest BCUT2D eigenvalue weighted by molar-refractivity contribution is 7.90. The van der Waals surface area contributed by atoms with Crippen molar-refractivity contribution in [3.63, 3.8) is 0 Å². The fourth-order valence-corrected chi connectivity index (χ4v) is 1.72. The molecule has 0 aliphatic heterocycles. The quantitative estimate of drug-likeness (QED) is 0.692. The van der Waals surface area contributed by atoms with Crippen LogP contribution in [0.4, 0.5) is 0 Å². The number of aromatic nitrogens is 2. The first kappa shape index (κ1) is 10.6. The minimum atomic E-state index is -3.63. The molecule has 0 radical (unpaired) electrons. The Morgan fingerprint density at radius 3 is 2.50 bits per heavy atom. The lowest BCUT2D eigenvalue weighted by Crippen LogP contribution is -2.11. The number of nitrogens with zero attached hydrogens (tertiary/aromatic N) is 2. The molecule has 0 atom stereocenters. The van der Waals surface area contributed by atoms with Crippen molar-refractivity contribution in [1.29, 1.82) is 0 Å². The zero-order valence-electron chi connectivity index (χ0n) is 7.55. The van der Waals surface area contributed by atoms with Crippen LogP contribution in [0.25, 0.3) is 0 Å². The van der Waals surface area contributed by atoms with E-state index in [0.717, 1.165) is 12.5 Å². The average Bonchev–Trinajstić information content (AvgIpc) is 2.01. The monoisotopic (exact) mass is 216 g/mol. The van der Waals surface area contributed by atoms with E-state index in [4.69, 9.17) is 5.11 Å². The van der Waals surface area contributed by atoms with E-state index in [1.165, 1.54) is 6.92 Å². The van der Waals surface area contributed by atoms with Crippen LogP contribution in [0.5, 0.6) is 0 Å². The van der Waals surface area contributed by atoms with Crippen LogP contribution >= 0.6 is 0 Å². The van der Waals surface area contributed by atoms with Crippen LogP contribution in [-0.4, -0.2) is 35.7 Å². The number of carbonyl (C=O) groups is 1. The summed E-state index contributed by atoms with van der Waals surface area (Å²) in [7, 11) is -3.63. The Morgan fingerprint density at radius 2 is 2.07 bits per heavy atom. The highest BCUT2D eigenvalue weighted by atomic mass is 32.2. The maximum atomic E-state index is 11.2. The summed E-state index contributed by atoms with van der Waals surface area (Å²) >= 11 is 0. The van der Waals surface area contributed by atoms with Gasteiger partial charge in [-0.15, -0.1) is 0 Å². The van der Waals surface area contributed by atoms with E-state index >= 15 is 0 Å². The van der Waals surface area contributed by atoms with E-state index in [0.29, 0.717) is 0 Å². The molecule has 1 heterocycles. The highest BCUT2D eigenvalue weighted by Gasteiger charge is 2.20. The van der Waals surface area contributed by atoms with Gasteiger partial charge in [-0.05, 0) is 6.92 Å². The molecule has 1 aromatic rings. The molecule has 0 aromatic carbocycles. The maximum Gasteiger partial charge on any atom is 0.340 e. The molecule has 0 spiro atoms. The van der Waals surface area contributed by atoms with Crippen LogP contribution in [0, 0.1) is 6.92 Å². The van der Waals surface area contributed by atoms with Gasteiger partial charge in [-0.1, -0.05) is 0 Å². The number of aryl methyl sites for hydroxylation is 1. The molecule has 0 saturated carbocycles. The van der Waals surface area contributed by atoms with Crippen molar-refractivity contribution in [2.75, 3.05) is 6.26 Å². The number of hydrogen-bond donors (Lipinski definition) is 1. The van der Waals surface area contributed by atoms with Gasteiger partial charge in [0, 0.05) is 12.5 Å². The third kappa shape index (κ3) is 2.05. The third-order valence-electron chi connectivity index (χ3n) is 1.46. The Hall–Kier alpha value is -1.50. The lowest BCUT2D eigenvalue weighted by atomic mass is 10.3. The molecule has 7 heteroatoms. The fourth-order valence-electron chi connectivity index (χ4n) is 0.879. The number of carboxylic acid groups (broad SMARTS) is 1. The summed E-state index contributed by atoms with van der Waals surface area (Å²) in [5, 5.41) is 8.23. The van der Waals surface area contributed by atoms with Crippen LogP contribution in [0.15, 0.2) is 11.2 Å². The Kier molecular flexibility index (Phi) is 2.52. The lowest BCUT2D eigenvalue weighted by Gasteiger charge is -2.02. The number of aromatic carboxylic acids is 1. The topological polar surface area (TPSA) is 97.2 Å². The second-order valence-electron chi connectivity index (χ2n) is 2.71. The third-order valence-corrected chi connectivity index (χ3v) is 2.47. The normalized spacial score (nSPS) is 11.3. The summed E-state index contributed by atoms with van der Waals surface area (Å²) in [6.07, 6.45) is 1.89. The number of sulfone groups is 1. The second-order valence-corrected chi connectivity index (χ2v) is 4.64. The van der Waals surface area contributed by atoms with Gasteiger partial charge in [-0.3, -0.25) is 0 Å². The van der Waals surface area contributed by atoms with Gasteiger partial charge in [-0.25, -0.2) is 23.2 Å². The van der Waals surface area contributed by atoms with E-state index in [1.807, 2.05) is 0 Å². The summed E-state index contributed by atoms with van der Waals surface area (Å²) in [4.78, 5) is 17.8. The molecule has 76 valence electrons. The van der Waals surface area contributed by atoms with Gasteiger partial charge < -0.3 is 5.11 Å². The number of hydrogen-bond acceptors (Lipinski definition) is 5. The van der Waals surface area contributed by atoms with Crippen LogP contribution in [0.2, 0.25) is 0 Å². The van der Waals surface area contributed by atoms with Gasteiger partial charge >= 0.3 is 5.97 Å². The smallest absolute Gasteiger partial charge is 0.340 e. The molecule has 1 N–H and O–H groups in total. The van der Waals surface area contributed by atoms with Crippen molar-refractivity contribution in [3.8, 4) is 0 Å². The summed E-state index contributed by atoms with van der Waals surface area (Å²) in [5.41, 5.74) is -0.405. The van der Waals surface area contributed by atoms with Gasteiger partial charge in [0.05, 0.1) is 0 Å². The van der Waals surface area contributed by atoms with Crippen molar-refractivity contribution in [3.05, 3.63) is 17.6 Å². The van der Waals surface area contributed by atoms with Crippen molar-refractivity contribution >= 4 is 15.8 Å². The minimum absolute atomic E-state index is 0.218. The SMILES string of the molecule is Cc1ncc(C(=O)O)c(S(C)(=O)=O)n1. The van der Waals surface area contributed by atoms with Crippen LogP contribution < -0.4 is 0 Å². The Morgan fingerprint density at radius 1 is 1.50 bits per heavy atom. The van der Waals surface area contributed by atoms with Crippen LogP contribution in [0.3, 0.4) is 0 Å². The Bertz CT molecular complexity index is 480. The highest BCUT2D eigenvalue weighted by Crippen LogP contribution is 2.11. The molecule has 0 bridgehead atoms. The fraction of sp³-hybridized carbons (Fsp3) is 0.286. The van der Waals surface area contributed by atoms with Gasteiger partial charge in [0.1, 0.15) is 11.4 Å². The summed E-state index contributed by atoms with van der Waals surface area (Å²) in [5.74, 6) is -1.14. The number of rotatable bonds is 2. The van der Waals surface area contributed by atoms with Crippen LogP contribution in [-0.2, 0) is 9.84 Å². The molecule has 0 unspecified atom stereocenters.